The summed E-state index contributed by atoms with van der Waals surface area (Å²) >= 11 is 0. The van der Waals surface area contributed by atoms with E-state index in [4.69, 9.17) is 4.74 Å². The SMILES string of the molecule is Cc1ccccc1-c1cc([N+]2([O-])CCN(C(=O)OC(C)(C)C)CC2)ncc1C(=O)N(C)Cc1cc(C(F)(F)F)cc(C(F)(F)F)c1. The summed E-state index contributed by atoms with van der Waals surface area (Å²) in [5.41, 5.74) is -2.39. The highest BCUT2D eigenvalue weighted by Gasteiger charge is 2.38. The van der Waals surface area contributed by atoms with Gasteiger partial charge in [0.05, 0.1) is 29.8 Å². The minimum Gasteiger partial charge on any atom is -0.626 e. The normalized spacial score (nSPS) is 15.4. The maximum atomic E-state index is 13.9. The number of carbonyl (C=O) groups excluding carboxylic acids is 2. The molecule has 1 aromatic heterocycles. The van der Waals surface area contributed by atoms with Crippen LogP contribution in [0, 0.1) is 12.1 Å². The molecule has 8 nitrogen and oxygen atoms in total. The van der Waals surface area contributed by atoms with E-state index in [0.29, 0.717) is 23.3 Å². The Hall–Kier alpha value is -4.17. The van der Waals surface area contributed by atoms with E-state index >= 15 is 0 Å². The topological polar surface area (TPSA) is 85.8 Å². The van der Waals surface area contributed by atoms with Crippen LogP contribution in [0.15, 0.2) is 54.7 Å². The largest absolute Gasteiger partial charge is 0.626 e. The Balaban J connectivity index is 1.67. The molecule has 0 aliphatic carbocycles. The Morgan fingerprint density at radius 1 is 0.935 bits per heavy atom. The highest BCUT2D eigenvalue weighted by molar-refractivity contribution is 6.01. The number of carbonyl (C=O) groups is 2. The fraction of sp³-hybridized carbons (Fsp3) is 0.406. The fourth-order valence-electron chi connectivity index (χ4n) is 5.12. The first-order chi connectivity index (χ1) is 21.2. The number of ether oxygens (including phenoxy) is 1. The fourth-order valence-corrected chi connectivity index (χ4v) is 5.12. The Morgan fingerprint density at radius 2 is 1.50 bits per heavy atom. The van der Waals surface area contributed by atoms with E-state index < -0.39 is 52.3 Å². The molecule has 4 rings (SSSR count). The first kappa shape index (κ1) is 34.7. The van der Waals surface area contributed by atoms with Crippen LogP contribution in [0.2, 0.25) is 0 Å². The molecule has 2 amide bonds. The Bertz CT molecular complexity index is 1580. The van der Waals surface area contributed by atoms with Crippen LogP contribution in [-0.2, 0) is 23.6 Å². The van der Waals surface area contributed by atoms with Crippen molar-refractivity contribution >= 4 is 17.8 Å². The van der Waals surface area contributed by atoms with Crippen molar-refractivity contribution in [3.8, 4) is 11.1 Å². The molecule has 46 heavy (non-hydrogen) atoms. The lowest BCUT2D eigenvalue weighted by Crippen LogP contribution is -2.59. The maximum absolute atomic E-state index is 13.9. The van der Waals surface area contributed by atoms with Crippen molar-refractivity contribution in [2.75, 3.05) is 33.2 Å². The number of hydrogen-bond acceptors (Lipinski definition) is 5. The highest BCUT2D eigenvalue weighted by Crippen LogP contribution is 2.37. The van der Waals surface area contributed by atoms with Crippen molar-refractivity contribution in [1.29, 1.82) is 0 Å². The summed E-state index contributed by atoms with van der Waals surface area (Å²) in [7, 11) is 1.25. The van der Waals surface area contributed by atoms with E-state index in [1.165, 1.54) is 24.2 Å². The molecule has 0 spiro atoms. The van der Waals surface area contributed by atoms with Gasteiger partial charge in [-0.15, -0.1) is 0 Å². The van der Waals surface area contributed by atoms with Gasteiger partial charge in [-0.3, -0.25) is 9.69 Å². The number of benzene rings is 2. The molecule has 1 saturated heterocycles. The van der Waals surface area contributed by atoms with Crippen molar-refractivity contribution in [3.63, 3.8) is 0 Å². The third-order valence-corrected chi connectivity index (χ3v) is 7.50. The van der Waals surface area contributed by atoms with Gasteiger partial charge >= 0.3 is 18.4 Å². The van der Waals surface area contributed by atoms with Gasteiger partial charge in [-0.1, -0.05) is 24.3 Å². The molecule has 0 bridgehead atoms. The standard InChI is InChI=1S/C32H34F6N4O4/c1-20-8-6-7-9-24(20)25-17-27(42(45)12-10-41(11-13-42)29(44)46-30(2,3)4)39-18-26(25)28(43)40(5)19-21-14-22(31(33,34)35)16-23(15-21)32(36,37)38/h6-9,14-18H,10-13,19H2,1-5H3. The van der Waals surface area contributed by atoms with Gasteiger partial charge in [0, 0.05) is 31.4 Å². The van der Waals surface area contributed by atoms with Gasteiger partial charge in [-0.25, -0.2) is 9.78 Å². The summed E-state index contributed by atoms with van der Waals surface area (Å²) in [6.45, 7) is 6.55. The molecule has 2 aromatic carbocycles. The van der Waals surface area contributed by atoms with Crippen LogP contribution in [0.4, 0.5) is 37.0 Å². The second-order valence-electron chi connectivity index (χ2n) is 12.3. The number of alkyl halides is 6. The number of aryl methyl sites for hydroxylation is 1. The second-order valence-corrected chi connectivity index (χ2v) is 12.3. The zero-order chi connectivity index (χ0) is 34.2. The number of aromatic nitrogens is 1. The van der Waals surface area contributed by atoms with Crippen LogP contribution in [0.3, 0.4) is 0 Å². The smallest absolute Gasteiger partial charge is 0.416 e. The number of rotatable bonds is 5. The average molecular weight is 653 g/mol. The third kappa shape index (κ3) is 7.97. The van der Waals surface area contributed by atoms with Gasteiger partial charge in [-0.05, 0) is 62.6 Å². The second kappa shape index (κ2) is 12.6. The van der Waals surface area contributed by atoms with Crippen LogP contribution >= 0.6 is 0 Å². The van der Waals surface area contributed by atoms with E-state index in [0.717, 1.165) is 10.5 Å². The van der Waals surface area contributed by atoms with E-state index in [1.807, 2.05) is 0 Å². The van der Waals surface area contributed by atoms with E-state index in [9.17, 15) is 41.1 Å². The quantitative estimate of drug-likeness (QED) is 0.163. The molecule has 2 heterocycles. The number of halogens is 6. The molecular weight excluding hydrogens is 618 g/mol. The minimum absolute atomic E-state index is 0.00237. The average Bonchev–Trinajstić information content (AvgIpc) is 2.95. The molecule has 0 unspecified atom stereocenters. The molecule has 14 heteroatoms. The predicted molar refractivity (Wildman–Crippen MR) is 159 cm³/mol. The molecule has 1 aliphatic heterocycles. The highest BCUT2D eigenvalue weighted by atomic mass is 19.4. The molecule has 0 radical (unpaired) electrons. The lowest BCUT2D eigenvalue weighted by molar-refractivity contribution is -0.143. The molecule has 0 N–H and O–H groups in total. The number of amides is 2. The molecule has 1 fully saturated rings. The minimum atomic E-state index is -5.04. The number of hydroxylamine groups is 2. The van der Waals surface area contributed by atoms with E-state index in [-0.39, 0.29) is 49.2 Å². The first-order valence-electron chi connectivity index (χ1n) is 14.3. The number of piperazine rings is 1. The van der Waals surface area contributed by atoms with Gasteiger partial charge in [-0.2, -0.15) is 26.3 Å². The van der Waals surface area contributed by atoms with Gasteiger partial charge in [0.15, 0.2) is 0 Å². The zero-order valence-electron chi connectivity index (χ0n) is 25.9. The molecule has 248 valence electrons. The summed E-state index contributed by atoms with van der Waals surface area (Å²) in [5, 5.41) is 13.9. The summed E-state index contributed by atoms with van der Waals surface area (Å²) in [6, 6.07) is 9.67. The monoisotopic (exact) mass is 652 g/mol. The van der Waals surface area contributed by atoms with Crippen LogP contribution in [0.1, 0.15) is 53.4 Å². The third-order valence-electron chi connectivity index (χ3n) is 7.50. The van der Waals surface area contributed by atoms with Gasteiger partial charge in [0.2, 0.25) is 5.82 Å². The summed E-state index contributed by atoms with van der Waals surface area (Å²) in [5.74, 6) is -0.649. The van der Waals surface area contributed by atoms with Crippen LogP contribution in [-0.4, -0.2) is 65.6 Å². The predicted octanol–water partition coefficient (Wildman–Crippen LogP) is 7.42. The number of nitrogens with zero attached hydrogens (tertiary/aromatic N) is 4. The number of hydrogen-bond donors (Lipinski definition) is 0. The summed E-state index contributed by atoms with van der Waals surface area (Å²) in [4.78, 5) is 33.0. The Morgan fingerprint density at radius 3 is 2.02 bits per heavy atom. The van der Waals surface area contributed by atoms with Gasteiger partial charge in [0.25, 0.3) is 5.91 Å². The summed E-state index contributed by atoms with van der Waals surface area (Å²) in [6.07, 6.45) is -9.42. The molecule has 3 aromatic rings. The van der Waals surface area contributed by atoms with Crippen LogP contribution in [0.5, 0.6) is 0 Å². The zero-order valence-corrected chi connectivity index (χ0v) is 25.9. The summed E-state index contributed by atoms with van der Waals surface area (Å²) < 4.78 is 85.0. The van der Waals surface area contributed by atoms with Crippen molar-refractivity contribution in [1.82, 2.24) is 19.4 Å². The first-order valence-corrected chi connectivity index (χ1v) is 14.3. The van der Waals surface area contributed by atoms with E-state index in [1.54, 1.807) is 52.0 Å². The van der Waals surface area contributed by atoms with Gasteiger partial charge in [0.1, 0.15) is 18.7 Å². The van der Waals surface area contributed by atoms with E-state index in [2.05, 4.69) is 4.98 Å². The Kier molecular flexibility index (Phi) is 9.47. The molecular formula is C32H34F6N4O4. The van der Waals surface area contributed by atoms with Crippen LogP contribution < -0.4 is 4.65 Å². The molecule has 0 atom stereocenters. The number of pyridine rings is 1. The van der Waals surface area contributed by atoms with Crippen molar-refractivity contribution in [2.24, 2.45) is 0 Å². The lowest BCUT2D eigenvalue weighted by atomic mass is 9.96. The van der Waals surface area contributed by atoms with Crippen molar-refractivity contribution in [3.05, 3.63) is 87.8 Å². The van der Waals surface area contributed by atoms with Crippen molar-refractivity contribution in [2.45, 2.75) is 52.2 Å². The maximum Gasteiger partial charge on any atom is 0.416 e. The van der Waals surface area contributed by atoms with Crippen molar-refractivity contribution < 1.29 is 40.7 Å². The molecule has 1 aliphatic rings. The lowest BCUT2D eigenvalue weighted by Gasteiger charge is -2.46. The van der Waals surface area contributed by atoms with Gasteiger partial charge < -0.3 is 19.5 Å². The molecule has 0 saturated carbocycles. The van der Waals surface area contributed by atoms with Crippen LogP contribution in [0.25, 0.3) is 11.1 Å². The number of quaternary nitrogens is 1. The Labute approximate surface area is 262 Å².